The van der Waals surface area contributed by atoms with Crippen LogP contribution in [0.25, 0.3) is 0 Å². The third kappa shape index (κ3) is 8.88. The van der Waals surface area contributed by atoms with E-state index in [4.69, 9.17) is 33.0 Å². The molecule has 1 saturated heterocycles. The SMILES string of the molecule is CC(C)(c1cccc(Cl)c1)C(OC(=O)N[C@@H](CC1CCCCC1)C(=O)NN1CC[C@H](CCC(=O)O)C1=O)c1ccc(Cl)cc1. The van der Waals surface area contributed by atoms with Crippen molar-refractivity contribution in [3.8, 4) is 0 Å². The number of hydrogen-bond acceptors (Lipinski definition) is 5. The van der Waals surface area contributed by atoms with E-state index < -0.39 is 41.4 Å². The lowest BCUT2D eigenvalue weighted by atomic mass is 9.76. The number of carbonyl (C=O) groups excluding carboxylic acids is 3. The number of carboxylic acids is 1. The lowest BCUT2D eigenvalue weighted by Crippen LogP contribution is -2.54. The summed E-state index contributed by atoms with van der Waals surface area (Å²) in [4.78, 5) is 51.0. The van der Waals surface area contributed by atoms with Crippen LogP contribution in [-0.2, 0) is 24.5 Å². The maximum Gasteiger partial charge on any atom is 0.408 e. The van der Waals surface area contributed by atoms with Gasteiger partial charge >= 0.3 is 12.1 Å². The first-order chi connectivity index (χ1) is 20.9. The van der Waals surface area contributed by atoms with Gasteiger partial charge in [0.15, 0.2) is 0 Å². The highest BCUT2D eigenvalue weighted by Gasteiger charge is 2.38. The van der Waals surface area contributed by atoms with Crippen molar-refractivity contribution in [3.05, 3.63) is 69.7 Å². The lowest BCUT2D eigenvalue weighted by molar-refractivity contribution is -0.142. The highest BCUT2D eigenvalue weighted by atomic mass is 35.5. The van der Waals surface area contributed by atoms with Crippen LogP contribution in [0.4, 0.5) is 4.79 Å². The second-order valence-corrected chi connectivity index (χ2v) is 13.3. The number of ether oxygens (including phenoxy) is 1. The summed E-state index contributed by atoms with van der Waals surface area (Å²) in [6, 6.07) is 13.5. The molecule has 3 N–H and O–H groups in total. The van der Waals surface area contributed by atoms with E-state index in [0.717, 1.165) is 43.2 Å². The predicted molar refractivity (Wildman–Crippen MR) is 168 cm³/mol. The third-order valence-electron chi connectivity index (χ3n) is 8.79. The van der Waals surface area contributed by atoms with Crippen LogP contribution in [0.3, 0.4) is 0 Å². The topological polar surface area (TPSA) is 125 Å². The van der Waals surface area contributed by atoms with Crippen molar-refractivity contribution in [2.45, 2.75) is 89.2 Å². The zero-order valence-electron chi connectivity index (χ0n) is 25.2. The summed E-state index contributed by atoms with van der Waals surface area (Å²) in [6.45, 7) is 4.19. The molecule has 44 heavy (non-hydrogen) atoms. The van der Waals surface area contributed by atoms with Gasteiger partial charge in [-0.25, -0.2) is 4.79 Å². The van der Waals surface area contributed by atoms with E-state index in [-0.39, 0.29) is 31.2 Å². The van der Waals surface area contributed by atoms with Crippen molar-refractivity contribution in [1.29, 1.82) is 0 Å². The molecule has 4 rings (SSSR count). The Morgan fingerprint density at radius 1 is 1.02 bits per heavy atom. The molecule has 0 bridgehead atoms. The summed E-state index contributed by atoms with van der Waals surface area (Å²) in [5.74, 6) is -2.00. The maximum atomic E-state index is 13.6. The zero-order chi connectivity index (χ0) is 31.9. The standard InChI is InChI=1S/C33H41Cl2N3O6/c1-33(2,24-9-6-10-26(35)20-24)29(22-11-14-25(34)15-12-22)44-32(43)36-27(19-21-7-4-3-5-8-21)30(41)37-38-18-17-23(31(38)42)13-16-28(39)40/h6,9-12,14-15,20-21,23,27,29H,3-5,7-8,13,16-19H2,1-2H3,(H,36,43)(H,37,41)(H,39,40)/t23-,27-,29?/m0/s1. The Morgan fingerprint density at radius 3 is 2.39 bits per heavy atom. The average Bonchev–Trinajstić information content (AvgIpc) is 3.33. The summed E-state index contributed by atoms with van der Waals surface area (Å²) in [5.41, 5.74) is 3.56. The number of rotatable bonds is 12. The minimum atomic E-state index is -0.967. The first-order valence-electron chi connectivity index (χ1n) is 15.3. The molecule has 1 heterocycles. The maximum absolute atomic E-state index is 13.6. The number of halogens is 2. The van der Waals surface area contributed by atoms with Crippen molar-refractivity contribution in [2.24, 2.45) is 11.8 Å². The molecule has 238 valence electrons. The van der Waals surface area contributed by atoms with Crippen molar-refractivity contribution in [3.63, 3.8) is 0 Å². The Bertz CT molecular complexity index is 1330. The summed E-state index contributed by atoms with van der Waals surface area (Å²) >= 11 is 12.5. The molecule has 2 aliphatic rings. The van der Waals surface area contributed by atoms with E-state index in [1.165, 1.54) is 5.01 Å². The second kappa shape index (κ2) is 15.1. The van der Waals surface area contributed by atoms with Gasteiger partial charge in [-0.2, -0.15) is 0 Å². The highest BCUT2D eigenvalue weighted by Crippen LogP contribution is 2.41. The second-order valence-electron chi connectivity index (χ2n) is 12.4. The smallest absolute Gasteiger partial charge is 0.408 e. The van der Waals surface area contributed by atoms with Crippen molar-refractivity contribution in [1.82, 2.24) is 15.8 Å². The molecule has 0 radical (unpaired) electrons. The minimum absolute atomic E-state index is 0.115. The molecule has 2 fully saturated rings. The lowest BCUT2D eigenvalue weighted by Gasteiger charge is -2.35. The van der Waals surface area contributed by atoms with Gasteiger partial charge in [0.25, 0.3) is 5.91 Å². The van der Waals surface area contributed by atoms with Gasteiger partial charge < -0.3 is 15.2 Å². The first kappa shape index (κ1) is 33.6. The average molecular weight is 647 g/mol. The van der Waals surface area contributed by atoms with Gasteiger partial charge in [0.05, 0.1) is 0 Å². The number of aliphatic carboxylic acids is 1. The van der Waals surface area contributed by atoms with Gasteiger partial charge in [-0.05, 0) is 60.6 Å². The molecule has 3 amide bonds. The highest BCUT2D eigenvalue weighted by molar-refractivity contribution is 6.30. The molecule has 9 nitrogen and oxygen atoms in total. The molecule has 11 heteroatoms. The number of hydrogen-bond donors (Lipinski definition) is 3. The fraction of sp³-hybridized carbons (Fsp3) is 0.515. The van der Waals surface area contributed by atoms with Gasteiger partial charge in [-0.1, -0.05) is 93.4 Å². The predicted octanol–water partition coefficient (Wildman–Crippen LogP) is 6.82. The number of benzene rings is 2. The Hall–Kier alpha value is -3.30. The summed E-state index contributed by atoms with van der Waals surface area (Å²) in [7, 11) is 0. The van der Waals surface area contributed by atoms with E-state index in [2.05, 4.69) is 10.7 Å². The van der Waals surface area contributed by atoms with E-state index >= 15 is 0 Å². The molecule has 0 aromatic heterocycles. The van der Waals surface area contributed by atoms with Gasteiger partial charge in [-0.15, -0.1) is 0 Å². The van der Waals surface area contributed by atoms with E-state index in [1.807, 2.05) is 32.0 Å². The molecule has 1 saturated carbocycles. The van der Waals surface area contributed by atoms with Crippen LogP contribution in [0.15, 0.2) is 48.5 Å². The van der Waals surface area contributed by atoms with Gasteiger partial charge in [0.1, 0.15) is 12.1 Å². The van der Waals surface area contributed by atoms with Crippen LogP contribution in [0.2, 0.25) is 10.0 Å². The molecule has 1 aliphatic carbocycles. The summed E-state index contributed by atoms with van der Waals surface area (Å²) < 4.78 is 6.12. The van der Waals surface area contributed by atoms with Crippen molar-refractivity contribution < 1.29 is 29.0 Å². The molecule has 0 spiro atoms. The first-order valence-corrected chi connectivity index (χ1v) is 16.0. The van der Waals surface area contributed by atoms with Crippen LogP contribution in [0.1, 0.15) is 88.9 Å². The Balaban J connectivity index is 1.52. The molecule has 2 aromatic rings. The monoisotopic (exact) mass is 645 g/mol. The fourth-order valence-electron chi connectivity index (χ4n) is 6.21. The molecular weight excluding hydrogens is 605 g/mol. The van der Waals surface area contributed by atoms with Gasteiger partial charge in [0.2, 0.25) is 5.91 Å². The number of carbonyl (C=O) groups is 4. The van der Waals surface area contributed by atoms with Crippen molar-refractivity contribution in [2.75, 3.05) is 6.54 Å². The number of hydrazine groups is 1. The molecule has 3 atom stereocenters. The van der Waals surface area contributed by atoms with Crippen LogP contribution in [-0.4, -0.2) is 46.6 Å². The number of carboxylic acid groups (broad SMARTS) is 1. The zero-order valence-corrected chi connectivity index (χ0v) is 26.7. The molecule has 1 unspecified atom stereocenters. The number of alkyl carbamates (subject to hydrolysis) is 1. The van der Waals surface area contributed by atoms with Crippen LogP contribution < -0.4 is 10.7 Å². The number of nitrogens with zero attached hydrogens (tertiary/aromatic N) is 1. The van der Waals surface area contributed by atoms with Crippen molar-refractivity contribution >= 4 is 47.1 Å². The van der Waals surface area contributed by atoms with Crippen LogP contribution >= 0.6 is 23.2 Å². The Morgan fingerprint density at radius 2 is 1.73 bits per heavy atom. The number of nitrogens with one attached hydrogen (secondary N) is 2. The van der Waals surface area contributed by atoms with Crippen LogP contribution in [0.5, 0.6) is 0 Å². The summed E-state index contributed by atoms with van der Waals surface area (Å²) in [5, 5.41) is 14.2. The summed E-state index contributed by atoms with van der Waals surface area (Å²) in [6.07, 6.45) is 4.62. The molecule has 1 aliphatic heterocycles. The Labute approximate surface area is 268 Å². The third-order valence-corrected chi connectivity index (χ3v) is 9.28. The molecule has 2 aromatic carbocycles. The minimum Gasteiger partial charge on any atom is -0.481 e. The normalized spacial score (nSPS) is 18.9. The van der Waals surface area contributed by atoms with Gasteiger partial charge in [-0.3, -0.25) is 24.8 Å². The Kier molecular flexibility index (Phi) is 11.5. The van der Waals surface area contributed by atoms with Crippen LogP contribution in [0, 0.1) is 11.8 Å². The largest absolute Gasteiger partial charge is 0.481 e. The van der Waals surface area contributed by atoms with Gasteiger partial charge in [0, 0.05) is 34.3 Å². The fourth-order valence-corrected chi connectivity index (χ4v) is 6.52. The number of amides is 3. The molecular formula is C33H41Cl2N3O6. The van der Waals surface area contributed by atoms with E-state index in [9.17, 15) is 19.2 Å². The van der Waals surface area contributed by atoms with E-state index in [0.29, 0.717) is 22.9 Å². The quantitative estimate of drug-likeness (QED) is 0.232. The van der Waals surface area contributed by atoms with E-state index in [1.54, 1.807) is 30.3 Å².